The molecule has 6 nitrogen and oxygen atoms in total. The van der Waals surface area contributed by atoms with Gasteiger partial charge in [0.05, 0.1) is 15.1 Å². The van der Waals surface area contributed by atoms with Crippen LogP contribution < -0.4 is 5.32 Å². The summed E-state index contributed by atoms with van der Waals surface area (Å²) in [5, 5.41) is 2.59. The highest BCUT2D eigenvalue weighted by Gasteiger charge is 2.19. The second-order valence-electron chi connectivity index (χ2n) is 5.06. The van der Waals surface area contributed by atoms with Crippen molar-refractivity contribution in [3.8, 4) is 0 Å². The van der Waals surface area contributed by atoms with Gasteiger partial charge in [-0.2, -0.15) is 0 Å². The third kappa shape index (κ3) is 4.94. The molecule has 0 fully saturated rings. The van der Waals surface area contributed by atoms with Crippen molar-refractivity contribution < 1.29 is 19.1 Å². The minimum absolute atomic E-state index is 0.0219. The number of ketones is 1. The number of esters is 1. The first-order valence-electron chi connectivity index (χ1n) is 7.43. The van der Waals surface area contributed by atoms with Crippen LogP contribution in [0.1, 0.15) is 34.2 Å². The number of benzene rings is 1. The molecular formula is C17H13Cl3N2O4. The Morgan fingerprint density at radius 1 is 1.08 bits per heavy atom. The van der Waals surface area contributed by atoms with Crippen LogP contribution in [-0.4, -0.2) is 29.3 Å². The second kappa shape index (κ2) is 8.98. The Labute approximate surface area is 164 Å². The van der Waals surface area contributed by atoms with Crippen molar-refractivity contribution in [2.24, 2.45) is 0 Å². The van der Waals surface area contributed by atoms with Gasteiger partial charge in [-0.1, -0.05) is 41.7 Å². The van der Waals surface area contributed by atoms with Gasteiger partial charge < -0.3 is 10.1 Å². The third-order valence-corrected chi connectivity index (χ3v) is 4.50. The quantitative estimate of drug-likeness (QED) is 0.557. The number of Topliss-reactive ketones (excluding diaryl/α,β-unsaturated/α-hetero) is 1. The van der Waals surface area contributed by atoms with Gasteiger partial charge in [0.25, 0.3) is 0 Å². The van der Waals surface area contributed by atoms with Gasteiger partial charge in [-0.15, -0.1) is 0 Å². The number of ether oxygens (including phenoxy) is 1. The molecule has 26 heavy (non-hydrogen) atoms. The van der Waals surface area contributed by atoms with Crippen molar-refractivity contribution in [2.45, 2.75) is 13.3 Å². The molecule has 9 heteroatoms. The number of pyridine rings is 1. The molecule has 0 atom stereocenters. The van der Waals surface area contributed by atoms with Gasteiger partial charge in [-0.25, -0.2) is 9.78 Å². The number of rotatable bonds is 6. The molecule has 1 aromatic carbocycles. The molecule has 0 unspecified atom stereocenters. The fraction of sp³-hybridized carbons (Fsp3) is 0.176. The minimum atomic E-state index is -0.895. The average molecular weight is 416 g/mol. The van der Waals surface area contributed by atoms with Crippen LogP contribution in [-0.2, 0) is 9.53 Å². The Morgan fingerprint density at radius 2 is 1.73 bits per heavy atom. The van der Waals surface area contributed by atoms with E-state index in [2.05, 4.69) is 10.3 Å². The van der Waals surface area contributed by atoms with Gasteiger partial charge in [-0.3, -0.25) is 9.59 Å². The molecule has 1 heterocycles. The molecule has 136 valence electrons. The molecular weight excluding hydrogens is 403 g/mol. The zero-order chi connectivity index (χ0) is 19.3. The van der Waals surface area contributed by atoms with E-state index < -0.39 is 18.4 Å². The van der Waals surface area contributed by atoms with Crippen molar-refractivity contribution in [3.05, 3.63) is 56.8 Å². The number of nitrogens with one attached hydrogen (secondary N) is 1. The fourth-order valence-corrected chi connectivity index (χ4v) is 2.41. The van der Waals surface area contributed by atoms with Crippen molar-refractivity contribution in [1.29, 1.82) is 0 Å². The Hall–Kier alpha value is -2.15. The lowest BCUT2D eigenvalue weighted by molar-refractivity contribution is -0.115. The van der Waals surface area contributed by atoms with E-state index in [1.165, 1.54) is 12.1 Å². The summed E-state index contributed by atoms with van der Waals surface area (Å²) < 4.78 is 4.93. The van der Waals surface area contributed by atoms with Gasteiger partial charge in [-0.05, 0) is 24.3 Å². The van der Waals surface area contributed by atoms with Crippen molar-refractivity contribution in [2.75, 3.05) is 11.9 Å². The van der Waals surface area contributed by atoms with E-state index in [1.54, 1.807) is 19.1 Å². The van der Waals surface area contributed by atoms with Gasteiger partial charge >= 0.3 is 5.97 Å². The van der Waals surface area contributed by atoms with E-state index in [-0.39, 0.29) is 26.7 Å². The van der Waals surface area contributed by atoms with E-state index in [0.717, 1.165) is 6.20 Å². The number of anilines is 1. The molecule has 0 spiro atoms. The lowest BCUT2D eigenvalue weighted by atomic mass is 10.1. The smallest absolute Gasteiger partial charge is 0.358 e. The Morgan fingerprint density at radius 3 is 2.35 bits per heavy atom. The number of halogens is 3. The average Bonchev–Trinajstić information content (AvgIpc) is 2.64. The molecule has 0 bridgehead atoms. The number of nitrogens with zero attached hydrogens (tertiary/aromatic N) is 1. The highest BCUT2D eigenvalue weighted by molar-refractivity contribution is 6.48. The lowest BCUT2D eigenvalue weighted by Gasteiger charge is -2.08. The summed E-state index contributed by atoms with van der Waals surface area (Å²) in [5.74, 6) is -1.46. The topological polar surface area (TPSA) is 85.4 Å². The van der Waals surface area contributed by atoms with Crippen molar-refractivity contribution in [3.63, 3.8) is 0 Å². The maximum Gasteiger partial charge on any atom is 0.358 e. The highest BCUT2D eigenvalue weighted by atomic mass is 35.5. The molecule has 2 rings (SSSR count). The number of carbonyl (C=O) groups excluding carboxylic acids is 3. The van der Waals surface area contributed by atoms with Crippen LogP contribution in [0, 0.1) is 0 Å². The monoisotopic (exact) mass is 414 g/mol. The zero-order valence-electron chi connectivity index (χ0n) is 13.5. The normalized spacial score (nSPS) is 10.3. The number of carbonyl (C=O) groups is 3. The Kier molecular flexibility index (Phi) is 6.97. The maximum absolute atomic E-state index is 12.1. The van der Waals surface area contributed by atoms with Crippen LogP contribution in [0.2, 0.25) is 15.1 Å². The minimum Gasteiger partial charge on any atom is -0.453 e. The molecule has 1 N–H and O–H groups in total. The number of hydrogen-bond donors (Lipinski definition) is 1. The van der Waals surface area contributed by atoms with Crippen LogP contribution in [0.5, 0.6) is 0 Å². The largest absolute Gasteiger partial charge is 0.453 e. The summed E-state index contributed by atoms with van der Waals surface area (Å²) in [6.45, 7) is 1.23. The number of hydrogen-bond acceptors (Lipinski definition) is 5. The third-order valence-electron chi connectivity index (χ3n) is 3.26. The summed E-state index contributed by atoms with van der Waals surface area (Å²) >= 11 is 17.5. The van der Waals surface area contributed by atoms with Crippen molar-refractivity contribution in [1.82, 2.24) is 4.98 Å². The van der Waals surface area contributed by atoms with E-state index in [4.69, 9.17) is 39.5 Å². The molecule has 0 radical (unpaired) electrons. The predicted octanol–water partition coefficient (Wildman–Crippen LogP) is 4.43. The number of amides is 1. The second-order valence-corrected chi connectivity index (χ2v) is 6.22. The first-order chi connectivity index (χ1) is 12.3. The molecule has 0 aliphatic rings. The standard InChI is InChI=1S/C17H13Cl3N2O4/c1-2-13(24)22-10-5-3-9(4-6-10)12(23)8-26-17(25)16-15(20)14(19)11(18)7-21-16/h3-7H,2,8H2,1H3,(H,22,24). The Balaban J connectivity index is 1.99. The summed E-state index contributed by atoms with van der Waals surface area (Å²) in [7, 11) is 0. The first kappa shape index (κ1) is 20.2. The maximum atomic E-state index is 12.1. The molecule has 1 amide bonds. The van der Waals surface area contributed by atoms with Gasteiger partial charge in [0.1, 0.15) is 0 Å². The van der Waals surface area contributed by atoms with E-state index in [0.29, 0.717) is 17.7 Å². The van der Waals surface area contributed by atoms with Gasteiger partial charge in [0.2, 0.25) is 5.91 Å². The van der Waals surface area contributed by atoms with Crippen molar-refractivity contribution >= 4 is 58.1 Å². The summed E-state index contributed by atoms with van der Waals surface area (Å²) in [4.78, 5) is 39.2. The fourth-order valence-electron chi connectivity index (χ4n) is 1.86. The van der Waals surface area contributed by atoms with E-state index in [9.17, 15) is 14.4 Å². The predicted molar refractivity (Wildman–Crippen MR) is 99.2 cm³/mol. The zero-order valence-corrected chi connectivity index (χ0v) is 15.8. The SMILES string of the molecule is CCC(=O)Nc1ccc(C(=O)COC(=O)c2ncc(Cl)c(Cl)c2Cl)cc1. The van der Waals surface area contributed by atoms with E-state index >= 15 is 0 Å². The van der Waals surface area contributed by atoms with Crippen LogP contribution >= 0.6 is 34.8 Å². The molecule has 0 aliphatic carbocycles. The van der Waals surface area contributed by atoms with Crippen LogP contribution in [0.4, 0.5) is 5.69 Å². The lowest BCUT2D eigenvalue weighted by Crippen LogP contribution is -2.16. The van der Waals surface area contributed by atoms with E-state index in [1.807, 2.05) is 0 Å². The van der Waals surface area contributed by atoms with Gasteiger partial charge in [0.15, 0.2) is 18.1 Å². The summed E-state index contributed by atoms with van der Waals surface area (Å²) in [5.41, 5.74) is 0.657. The highest BCUT2D eigenvalue weighted by Crippen LogP contribution is 2.31. The van der Waals surface area contributed by atoms with Crippen LogP contribution in [0.3, 0.4) is 0 Å². The molecule has 1 aromatic heterocycles. The van der Waals surface area contributed by atoms with Crippen LogP contribution in [0.15, 0.2) is 30.5 Å². The molecule has 0 aliphatic heterocycles. The first-order valence-corrected chi connectivity index (χ1v) is 8.56. The molecule has 0 saturated heterocycles. The summed E-state index contributed by atoms with van der Waals surface area (Å²) in [6.07, 6.45) is 1.51. The summed E-state index contributed by atoms with van der Waals surface area (Å²) in [6, 6.07) is 6.21. The molecule has 0 saturated carbocycles. The molecule has 2 aromatic rings. The van der Waals surface area contributed by atoms with Gasteiger partial charge in [0, 0.05) is 23.9 Å². The number of aromatic nitrogens is 1. The van der Waals surface area contributed by atoms with Crippen LogP contribution in [0.25, 0.3) is 0 Å². The Bertz CT molecular complexity index is 854.